The molecular weight excluding hydrogens is 270 g/mol. The van der Waals surface area contributed by atoms with Crippen LogP contribution in [0.25, 0.3) is 0 Å². The molecule has 0 aliphatic rings. The number of halogens is 1. The Kier molecular flexibility index (Phi) is 4.50. The van der Waals surface area contributed by atoms with Crippen LogP contribution in [0.2, 0.25) is 0 Å². The lowest BCUT2D eigenvalue weighted by Gasteiger charge is -2.27. The van der Waals surface area contributed by atoms with Crippen molar-refractivity contribution >= 4 is 21.9 Å². The van der Waals surface area contributed by atoms with Crippen LogP contribution in [0.3, 0.4) is 0 Å². The Hall–Kier alpha value is -0.870. The van der Waals surface area contributed by atoms with E-state index in [1.165, 1.54) is 7.11 Å². The first kappa shape index (κ1) is 13.2. The topological polar surface area (TPSA) is 52.3 Å². The van der Waals surface area contributed by atoms with Gasteiger partial charge in [0.25, 0.3) is 0 Å². The van der Waals surface area contributed by atoms with Gasteiger partial charge in [0.15, 0.2) is 0 Å². The van der Waals surface area contributed by atoms with E-state index in [1.807, 2.05) is 31.2 Å². The summed E-state index contributed by atoms with van der Waals surface area (Å²) < 4.78 is 5.67. The lowest BCUT2D eigenvalue weighted by molar-refractivity contribution is -0.141. The number of ether oxygens (including phenoxy) is 1. The van der Waals surface area contributed by atoms with Gasteiger partial charge in [0.1, 0.15) is 0 Å². The number of nitrogens with two attached hydrogens (primary N) is 1. The summed E-state index contributed by atoms with van der Waals surface area (Å²) in [5.74, 6) is -0.243. The summed E-state index contributed by atoms with van der Waals surface area (Å²) in [5.41, 5.74) is 6.43. The standard InChI is InChI=1S/C12H16BrNO2/c1-12(8-14,7-11(15)16-2)9-4-3-5-10(13)6-9/h3-6H,7-8,14H2,1-2H3. The summed E-state index contributed by atoms with van der Waals surface area (Å²) in [6.45, 7) is 2.37. The normalized spacial score (nSPS) is 14.2. The van der Waals surface area contributed by atoms with Gasteiger partial charge in [-0.05, 0) is 17.7 Å². The minimum absolute atomic E-state index is 0.243. The molecule has 0 amide bonds. The average Bonchev–Trinajstić information content (AvgIpc) is 2.28. The quantitative estimate of drug-likeness (QED) is 0.863. The van der Waals surface area contributed by atoms with Crippen LogP contribution in [0, 0.1) is 0 Å². The van der Waals surface area contributed by atoms with Crippen LogP contribution in [0.5, 0.6) is 0 Å². The summed E-state index contributed by atoms with van der Waals surface area (Å²) >= 11 is 3.41. The molecule has 0 radical (unpaired) electrons. The van der Waals surface area contributed by atoms with Gasteiger partial charge in [-0.2, -0.15) is 0 Å². The third-order valence-electron chi connectivity index (χ3n) is 2.73. The van der Waals surface area contributed by atoms with E-state index in [4.69, 9.17) is 10.5 Å². The predicted molar refractivity (Wildman–Crippen MR) is 67.2 cm³/mol. The number of rotatable bonds is 4. The van der Waals surface area contributed by atoms with Crippen molar-refractivity contribution in [1.82, 2.24) is 0 Å². The van der Waals surface area contributed by atoms with Crippen LogP contribution in [0.4, 0.5) is 0 Å². The third-order valence-corrected chi connectivity index (χ3v) is 3.23. The van der Waals surface area contributed by atoms with Crippen molar-refractivity contribution in [2.24, 2.45) is 5.73 Å². The van der Waals surface area contributed by atoms with Crippen LogP contribution in [-0.4, -0.2) is 19.6 Å². The number of methoxy groups -OCH3 is 1. The first-order valence-electron chi connectivity index (χ1n) is 5.05. The van der Waals surface area contributed by atoms with Crippen molar-refractivity contribution in [2.45, 2.75) is 18.8 Å². The third kappa shape index (κ3) is 3.06. The number of benzene rings is 1. The Morgan fingerprint density at radius 2 is 2.25 bits per heavy atom. The molecule has 0 bridgehead atoms. The predicted octanol–water partition coefficient (Wildman–Crippen LogP) is 2.23. The second-order valence-electron chi connectivity index (χ2n) is 4.03. The van der Waals surface area contributed by atoms with E-state index in [-0.39, 0.29) is 17.8 Å². The van der Waals surface area contributed by atoms with Crippen molar-refractivity contribution in [2.75, 3.05) is 13.7 Å². The molecule has 0 spiro atoms. The molecule has 0 aromatic heterocycles. The Bertz CT molecular complexity index is 381. The highest BCUT2D eigenvalue weighted by atomic mass is 79.9. The summed E-state index contributed by atoms with van der Waals surface area (Å²) in [6.07, 6.45) is 0.288. The summed E-state index contributed by atoms with van der Waals surface area (Å²) in [6, 6.07) is 7.83. The Morgan fingerprint density at radius 3 is 2.75 bits per heavy atom. The van der Waals surface area contributed by atoms with E-state index in [2.05, 4.69) is 15.9 Å². The van der Waals surface area contributed by atoms with Crippen molar-refractivity contribution in [3.05, 3.63) is 34.3 Å². The molecule has 88 valence electrons. The van der Waals surface area contributed by atoms with E-state index >= 15 is 0 Å². The van der Waals surface area contributed by atoms with Crippen LogP contribution >= 0.6 is 15.9 Å². The fourth-order valence-corrected chi connectivity index (χ4v) is 1.95. The number of esters is 1. The molecule has 1 rings (SSSR count). The highest BCUT2D eigenvalue weighted by Crippen LogP contribution is 2.28. The van der Waals surface area contributed by atoms with Crippen LogP contribution < -0.4 is 5.73 Å². The van der Waals surface area contributed by atoms with Gasteiger partial charge in [-0.15, -0.1) is 0 Å². The van der Waals surface area contributed by atoms with Crippen LogP contribution in [0.1, 0.15) is 18.9 Å². The summed E-state index contributed by atoms with van der Waals surface area (Å²) in [5, 5.41) is 0. The second-order valence-corrected chi connectivity index (χ2v) is 4.94. The minimum Gasteiger partial charge on any atom is -0.469 e. The maximum atomic E-state index is 11.4. The molecule has 4 heteroatoms. The molecule has 0 fully saturated rings. The monoisotopic (exact) mass is 285 g/mol. The first-order chi connectivity index (χ1) is 7.51. The van der Waals surface area contributed by atoms with Gasteiger partial charge in [0, 0.05) is 16.4 Å². The lowest BCUT2D eigenvalue weighted by Crippen LogP contribution is -2.34. The minimum atomic E-state index is -0.378. The van der Waals surface area contributed by atoms with Crippen LogP contribution in [0.15, 0.2) is 28.7 Å². The molecule has 1 aromatic rings. The van der Waals surface area contributed by atoms with E-state index in [9.17, 15) is 4.79 Å². The largest absolute Gasteiger partial charge is 0.469 e. The smallest absolute Gasteiger partial charge is 0.306 e. The molecule has 0 saturated heterocycles. The summed E-state index contributed by atoms with van der Waals surface area (Å²) in [4.78, 5) is 11.4. The molecule has 1 unspecified atom stereocenters. The molecule has 16 heavy (non-hydrogen) atoms. The van der Waals surface area contributed by atoms with Gasteiger partial charge >= 0.3 is 5.97 Å². The van der Waals surface area contributed by atoms with Crippen molar-refractivity contribution in [1.29, 1.82) is 0 Å². The molecule has 0 aliphatic heterocycles. The zero-order valence-corrected chi connectivity index (χ0v) is 11.1. The Balaban J connectivity index is 2.99. The van der Waals surface area contributed by atoms with Gasteiger partial charge in [-0.3, -0.25) is 4.79 Å². The van der Waals surface area contributed by atoms with E-state index < -0.39 is 0 Å². The maximum absolute atomic E-state index is 11.4. The second kappa shape index (κ2) is 5.46. The van der Waals surface area contributed by atoms with E-state index in [0.29, 0.717) is 6.54 Å². The lowest BCUT2D eigenvalue weighted by atomic mass is 9.79. The molecule has 1 aromatic carbocycles. The fourth-order valence-electron chi connectivity index (χ4n) is 1.55. The molecule has 0 aliphatic carbocycles. The van der Waals surface area contributed by atoms with Gasteiger partial charge in [0.05, 0.1) is 13.5 Å². The zero-order chi connectivity index (χ0) is 12.2. The molecule has 3 nitrogen and oxygen atoms in total. The average molecular weight is 286 g/mol. The summed E-state index contributed by atoms with van der Waals surface area (Å²) in [7, 11) is 1.39. The zero-order valence-electron chi connectivity index (χ0n) is 9.50. The number of carbonyl (C=O) groups is 1. The van der Waals surface area contributed by atoms with Gasteiger partial charge in [-0.1, -0.05) is 35.0 Å². The van der Waals surface area contributed by atoms with Crippen LogP contribution in [-0.2, 0) is 14.9 Å². The Morgan fingerprint density at radius 1 is 1.56 bits per heavy atom. The van der Waals surface area contributed by atoms with Crippen molar-refractivity contribution < 1.29 is 9.53 Å². The highest BCUT2D eigenvalue weighted by molar-refractivity contribution is 9.10. The van der Waals surface area contributed by atoms with Gasteiger partial charge < -0.3 is 10.5 Å². The van der Waals surface area contributed by atoms with Crippen molar-refractivity contribution in [3.63, 3.8) is 0 Å². The van der Waals surface area contributed by atoms with E-state index in [1.54, 1.807) is 0 Å². The van der Waals surface area contributed by atoms with Gasteiger partial charge in [-0.25, -0.2) is 0 Å². The fraction of sp³-hybridized carbons (Fsp3) is 0.417. The first-order valence-corrected chi connectivity index (χ1v) is 5.84. The molecular formula is C12H16BrNO2. The van der Waals surface area contributed by atoms with E-state index in [0.717, 1.165) is 10.0 Å². The molecule has 2 N–H and O–H groups in total. The maximum Gasteiger partial charge on any atom is 0.306 e. The molecule has 0 heterocycles. The number of hydrogen-bond acceptors (Lipinski definition) is 3. The van der Waals surface area contributed by atoms with Crippen molar-refractivity contribution in [3.8, 4) is 0 Å². The number of carbonyl (C=O) groups excluding carboxylic acids is 1. The molecule has 1 atom stereocenters. The SMILES string of the molecule is COC(=O)CC(C)(CN)c1cccc(Br)c1. The highest BCUT2D eigenvalue weighted by Gasteiger charge is 2.28. The van der Waals surface area contributed by atoms with Gasteiger partial charge in [0.2, 0.25) is 0 Å². The number of hydrogen-bond donors (Lipinski definition) is 1. The Labute approximate surface area is 104 Å². The molecule has 0 saturated carbocycles.